The molecular weight excluding hydrogens is 458 g/mol. The van der Waals surface area contributed by atoms with E-state index in [-0.39, 0.29) is 35.5 Å². The summed E-state index contributed by atoms with van der Waals surface area (Å²) in [6, 6.07) is 13.4. The number of oxazole rings is 1. The number of anilines is 1. The van der Waals surface area contributed by atoms with Crippen molar-refractivity contribution >= 4 is 16.8 Å². The number of hydrogen-bond acceptors (Lipinski definition) is 4. The number of nitrogens with zero attached hydrogens (tertiary/aromatic N) is 3. The molecule has 0 spiro atoms. The number of piperazine rings is 1. The molecule has 5 heteroatoms. The number of rotatable bonds is 4. The summed E-state index contributed by atoms with van der Waals surface area (Å²) >= 11 is 0. The molecule has 4 aromatic rings. The number of aromatic nitrogens is 1. The molecule has 0 amide bonds. The number of hydrogen-bond donors (Lipinski definition) is 0. The lowest BCUT2D eigenvalue weighted by atomic mass is 9.86. The molecule has 2 unspecified atom stereocenters. The van der Waals surface area contributed by atoms with E-state index in [1.54, 1.807) is 18.5 Å². The third kappa shape index (κ3) is 4.19. The van der Waals surface area contributed by atoms with E-state index in [4.69, 9.17) is 8.53 Å². The standard InChI is InChI=1S/C32H39N3O2/c1-20-12-13-21(2)27(18-20)26-11-9-10-25(19-26)23(4)34-16-17-35(32(6,7)24(34)5)28-15-14-22(3)29-30(28)37-31(36)33(29)8/h9-15,18-19,23-24H,16-17H2,1-8H3/i12D,13D,18D. The van der Waals surface area contributed by atoms with Crippen molar-refractivity contribution < 1.29 is 8.53 Å². The maximum Gasteiger partial charge on any atom is 0.419 e. The average molecular weight is 501 g/mol. The van der Waals surface area contributed by atoms with Gasteiger partial charge in [0.1, 0.15) is 0 Å². The minimum atomic E-state index is -0.347. The molecule has 1 aliphatic rings. The van der Waals surface area contributed by atoms with Crippen LogP contribution in [-0.2, 0) is 7.05 Å². The second-order valence-corrected chi connectivity index (χ2v) is 11.0. The number of fused-ring (bicyclic) bond motifs is 1. The smallest absolute Gasteiger partial charge is 0.405 e. The fraction of sp³-hybridized carbons (Fsp3) is 0.406. The Labute approximate surface area is 224 Å². The zero-order valence-corrected chi connectivity index (χ0v) is 23.2. The van der Waals surface area contributed by atoms with Crippen molar-refractivity contribution in [2.45, 2.75) is 66.1 Å². The van der Waals surface area contributed by atoms with E-state index in [9.17, 15) is 4.79 Å². The molecule has 0 radical (unpaired) electrons. The molecule has 0 N–H and O–H groups in total. The van der Waals surface area contributed by atoms with Crippen LogP contribution in [0.1, 0.15) is 60.1 Å². The Bertz CT molecular complexity index is 1660. The Kier molecular flexibility index (Phi) is 5.42. The van der Waals surface area contributed by atoms with E-state index in [1.165, 1.54) is 0 Å². The van der Waals surface area contributed by atoms with Crippen LogP contribution in [0.3, 0.4) is 0 Å². The van der Waals surface area contributed by atoms with Crippen LogP contribution in [0.4, 0.5) is 5.69 Å². The van der Waals surface area contributed by atoms with Crippen LogP contribution in [-0.4, -0.2) is 34.1 Å². The van der Waals surface area contributed by atoms with Crippen molar-refractivity contribution in [2.75, 3.05) is 18.0 Å². The quantitative estimate of drug-likeness (QED) is 0.310. The minimum absolute atomic E-state index is 0.116. The number of benzene rings is 3. The fourth-order valence-corrected chi connectivity index (χ4v) is 5.92. The Morgan fingerprint density at radius 1 is 1.08 bits per heavy atom. The molecule has 194 valence electrons. The van der Waals surface area contributed by atoms with Gasteiger partial charge in [0.15, 0.2) is 5.58 Å². The molecule has 2 atom stereocenters. The highest BCUT2D eigenvalue weighted by Gasteiger charge is 2.43. The van der Waals surface area contributed by atoms with Crippen LogP contribution in [0.2, 0.25) is 0 Å². The predicted octanol–water partition coefficient (Wildman–Crippen LogP) is 6.77. The summed E-state index contributed by atoms with van der Waals surface area (Å²) in [7, 11) is 1.76. The van der Waals surface area contributed by atoms with Crippen molar-refractivity contribution in [3.63, 3.8) is 0 Å². The van der Waals surface area contributed by atoms with Crippen molar-refractivity contribution in [3.8, 4) is 11.1 Å². The second kappa shape index (κ2) is 9.21. The van der Waals surface area contributed by atoms with E-state index in [2.05, 4.69) is 61.8 Å². The zero-order valence-electron chi connectivity index (χ0n) is 26.2. The molecule has 1 aliphatic heterocycles. The van der Waals surface area contributed by atoms with E-state index in [0.717, 1.165) is 46.5 Å². The van der Waals surface area contributed by atoms with Crippen LogP contribution >= 0.6 is 0 Å². The van der Waals surface area contributed by atoms with Gasteiger partial charge in [-0.3, -0.25) is 9.47 Å². The first-order valence-electron chi connectivity index (χ1n) is 14.6. The molecule has 1 saturated heterocycles. The topological polar surface area (TPSA) is 41.6 Å². The lowest BCUT2D eigenvalue weighted by Crippen LogP contribution is -2.65. The fourth-order valence-electron chi connectivity index (χ4n) is 5.92. The number of aryl methyl sites for hydroxylation is 2. The third-order valence-corrected chi connectivity index (χ3v) is 8.48. The van der Waals surface area contributed by atoms with Crippen molar-refractivity contribution in [3.05, 3.63) is 87.3 Å². The summed E-state index contributed by atoms with van der Waals surface area (Å²) in [5, 5.41) is 0. The first-order valence-corrected chi connectivity index (χ1v) is 13.1. The molecule has 2 heterocycles. The molecular formula is C32H39N3O2. The molecule has 0 bridgehead atoms. The largest absolute Gasteiger partial charge is 0.419 e. The normalized spacial score (nSPS) is 20.1. The van der Waals surface area contributed by atoms with Crippen LogP contribution in [0, 0.1) is 20.8 Å². The molecule has 1 fully saturated rings. The first kappa shape index (κ1) is 21.7. The summed E-state index contributed by atoms with van der Waals surface area (Å²) in [6.07, 6.45) is 0. The highest BCUT2D eigenvalue weighted by Crippen LogP contribution is 2.40. The Morgan fingerprint density at radius 3 is 2.59 bits per heavy atom. The van der Waals surface area contributed by atoms with Gasteiger partial charge in [-0.25, -0.2) is 4.79 Å². The van der Waals surface area contributed by atoms with Gasteiger partial charge in [0.05, 0.1) is 15.3 Å². The molecule has 3 aromatic carbocycles. The molecule has 0 saturated carbocycles. The minimum Gasteiger partial charge on any atom is -0.405 e. The van der Waals surface area contributed by atoms with Gasteiger partial charge in [0.2, 0.25) is 0 Å². The van der Waals surface area contributed by atoms with E-state index in [0.29, 0.717) is 22.8 Å². The van der Waals surface area contributed by atoms with Crippen LogP contribution in [0.25, 0.3) is 22.2 Å². The predicted molar refractivity (Wildman–Crippen MR) is 154 cm³/mol. The average Bonchev–Trinajstić information content (AvgIpc) is 3.23. The maximum atomic E-state index is 12.4. The van der Waals surface area contributed by atoms with Gasteiger partial charge in [-0.15, -0.1) is 0 Å². The second-order valence-electron chi connectivity index (χ2n) is 11.0. The van der Waals surface area contributed by atoms with E-state index in [1.807, 2.05) is 26.0 Å². The van der Waals surface area contributed by atoms with Gasteiger partial charge in [-0.2, -0.15) is 0 Å². The van der Waals surface area contributed by atoms with Crippen LogP contribution in [0.5, 0.6) is 0 Å². The summed E-state index contributed by atoms with van der Waals surface area (Å²) < 4.78 is 32.6. The van der Waals surface area contributed by atoms with Gasteiger partial charge in [-0.1, -0.05) is 48.0 Å². The summed E-state index contributed by atoms with van der Waals surface area (Å²) in [5.41, 5.74) is 7.20. The lowest BCUT2D eigenvalue weighted by molar-refractivity contribution is 0.0747. The van der Waals surface area contributed by atoms with Gasteiger partial charge >= 0.3 is 5.76 Å². The highest BCUT2D eigenvalue weighted by molar-refractivity contribution is 5.90. The molecule has 37 heavy (non-hydrogen) atoms. The van der Waals surface area contributed by atoms with Crippen molar-refractivity contribution in [1.29, 1.82) is 0 Å². The monoisotopic (exact) mass is 500 g/mol. The van der Waals surface area contributed by atoms with Gasteiger partial charge in [0, 0.05) is 37.8 Å². The molecule has 5 nitrogen and oxygen atoms in total. The molecule has 1 aromatic heterocycles. The van der Waals surface area contributed by atoms with Crippen LogP contribution in [0.15, 0.2) is 63.7 Å². The van der Waals surface area contributed by atoms with Crippen molar-refractivity contribution in [1.82, 2.24) is 9.47 Å². The van der Waals surface area contributed by atoms with Gasteiger partial charge < -0.3 is 9.32 Å². The molecule has 5 rings (SSSR count). The Hall–Kier alpha value is -3.31. The van der Waals surface area contributed by atoms with Gasteiger partial charge in [-0.05, 0) is 88.4 Å². The first-order chi connectivity index (χ1) is 18.8. The van der Waals surface area contributed by atoms with E-state index < -0.39 is 0 Å². The van der Waals surface area contributed by atoms with Gasteiger partial charge in [0.25, 0.3) is 0 Å². The third-order valence-electron chi connectivity index (χ3n) is 8.48. The summed E-state index contributed by atoms with van der Waals surface area (Å²) in [6.45, 7) is 16.2. The maximum absolute atomic E-state index is 12.4. The summed E-state index contributed by atoms with van der Waals surface area (Å²) in [4.78, 5) is 17.3. The highest BCUT2D eigenvalue weighted by atomic mass is 16.4. The lowest BCUT2D eigenvalue weighted by Gasteiger charge is -2.54. The molecule has 0 aliphatic carbocycles. The van der Waals surface area contributed by atoms with E-state index >= 15 is 0 Å². The van der Waals surface area contributed by atoms with Crippen LogP contribution < -0.4 is 10.7 Å². The zero-order chi connectivity index (χ0) is 29.3. The Morgan fingerprint density at radius 2 is 1.84 bits per heavy atom. The Balaban J connectivity index is 1.49. The SMILES string of the molecule is [2H]c1c([2H])c(C)c(-c2cccc(C(C)N3CCN(c4ccc(C)c5c4oc(=O)n5C)C(C)(C)C3C)c2)c([2H])c1C. The van der Waals surface area contributed by atoms with Crippen molar-refractivity contribution in [2.24, 2.45) is 7.05 Å². The summed E-state index contributed by atoms with van der Waals surface area (Å²) in [5.74, 6) is -0.347.